The van der Waals surface area contributed by atoms with Gasteiger partial charge in [0.05, 0.1) is 18.2 Å². The molecule has 5 nitrogen and oxygen atoms in total. The van der Waals surface area contributed by atoms with Gasteiger partial charge in [0.25, 0.3) is 0 Å². The predicted molar refractivity (Wildman–Crippen MR) is 59.6 cm³/mol. The Hall–Kier alpha value is -1.90. The summed E-state index contributed by atoms with van der Waals surface area (Å²) in [7, 11) is 0. The van der Waals surface area contributed by atoms with E-state index < -0.39 is 12.2 Å². The number of hydrogen-bond acceptors (Lipinski definition) is 5. The molecule has 0 radical (unpaired) electrons. The molecule has 1 aromatic carbocycles. The molecule has 1 rings (SSSR count). The zero-order chi connectivity index (χ0) is 12.8. The first-order chi connectivity index (χ1) is 8.13. The Morgan fingerprint density at radius 3 is 2.76 bits per heavy atom. The van der Waals surface area contributed by atoms with E-state index >= 15 is 0 Å². The zero-order valence-electron chi connectivity index (χ0n) is 9.33. The number of nitriles is 1. The summed E-state index contributed by atoms with van der Waals surface area (Å²) in [5, 5.41) is 27.3. The lowest BCUT2D eigenvalue weighted by Crippen LogP contribution is -2.16. The summed E-state index contributed by atoms with van der Waals surface area (Å²) in [6.45, 7) is 2.21. The van der Waals surface area contributed by atoms with E-state index in [1.807, 2.05) is 0 Å². The summed E-state index contributed by atoms with van der Waals surface area (Å²) in [6, 6.07) is 5.95. The van der Waals surface area contributed by atoms with Crippen LogP contribution < -0.4 is 4.74 Å². The normalized spacial score (nSPS) is 13.5. The minimum atomic E-state index is -1.52. The summed E-state index contributed by atoms with van der Waals surface area (Å²) in [6.07, 6.45) is -2.26. The maximum atomic E-state index is 10.8. The quantitative estimate of drug-likeness (QED) is 0.582. The molecular formula is C12H13NO4. The van der Waals surface area contributed by atoms with Gasteiger partial charge in [0, 0.05) is 0 Å². The van der Waals surface area contributed by atoms with Crippen LogP contribution in [0.1, 0.15) is 28.9 Å². The van der Waals surface area contributed by atoms with Crippen molar-refractivity contribution in [1.29, 1.82) is 5.26 Å². The lowest BCUT2D eigenvalue weighted by Gasteiger charge is -2.14. The third-order valence-corrected chi connectivity index (χ3v) is 2.23. The van der Waals surface area contributed by atoms with E-state index in [2.05, 4.69) is 0 Å². The molecule has 0 saturated carbocycles. The van der Waals surface area contributed by atoms with Crippen molar-refractivity contribution in [3.05, 3.63) is 29.3 Å². The van der Waals surface area contributed by atoms with Gasteiger partial charge < -0.3 is 14.9 Å². The summed E-state index contributed by atoms with van der Waals surface area (Å²) in [5.41, 5.74) is 0.568. The van der Waals surface area contributed by atoms with Gasteiger partial charge in [0.2, 0.25) is 0 Å². The van der Waals surface area contributed by atoms with E-state index in [9.17, 15) is 15.0 Å². The highest BCUT2D eigenvalue weighted by Crippen LogP contribution is 2.24. The number of rotatable bonds is 5. The van der Waals surface area contributed by atoms with Crippen LogP contribution in [0.25, 0.3) is 0 Å². The van der Waals surface area contributed by atoms with Crippen LogP contribution in [-0.2, 0) is 0 Å². The topological polar surface area (TPSA) is 90.5 Å². The van der Waals surface area contributed by atoms with Gasteiger partial charge in [0.15, 0.2) is 12.4 Å². The van der Waals surface area contributed by atoms with Crippen LogP contribution in [0.5, 0.6) is 5.75 Å². The van der Waals surface area contributed by atoms with Gasteiger partial charge in [-0.05, 0) is 24.6 Å². The van der Waals surface area contributed by atoms with Crippen molar-refractivity contribution >= 4 is 6.29 Å². The summed E-state index contributed by atoms with van der Waals surface area (Å²) >= 11 is 0. The van der Waals surface area contributed by atoms with Crippen molar-refractivity contribution in [3.63, 3.8) is 0 Å². The number of hydrogen-bond donors (Lipinski definition) is 2. The molecule has 0 saturated heterocycles. The monoisotopic (exact) mass is 235 g/mol. The second-order valence-corrected chi connectivity index (χ2v) is 3.37. The maximum Gasteiger partial charge on any atom is 0.170 e. The second kappa shape index (κ2) is 5.99. The van der Waals surface area contributed by atoms with E-state index in [1.54, 1.807) is 6.92 Å². The third kappa shape index (κ3) is 3.03. The van der Waals surface area contributed by atoms with Crippen molar-refractivity contribution in [1.82, 2.24) is 0 Å². The smallest absolute Gasteiger partial charge is 0.170 e. The van der Waals surface area contributed by atoms with Crippen LogP contribution in [0.3, 0.4) is 0 Å². The fourth-order valence-corrected chi connectivity index (χ4v) is 1.38. The van der Waals surface area contributed by atoms with E-state index in [-0.39, 0.29) is 5.56 Å². The number of nitrogens with zero attached hydrogens (tertiary/aromatic N) is 1. The number of carbonyl (C=O) groups excluding carboxylic acids is 1. The van der Waals surface area contributed by atoms with E-state index in [1.165, 1.54) is 24.3 Å². The largest absolute Gasteiger partial charge is 0.493 e. The maximum absolute atomic E-state index is 10.8. The fourth-order valence-electron chi connectivity index (χ4n) is 1.38. The van der Waals surface area contributed by atoms with Gasteiger partial charge in [-0.2, -0.15) is 5.26 Å². The minimum Gasteiger partial charge on any atom is -0.493 e. The van der Waals surface area contributed by atoms with Crippen LogP contribution in [0.2, 0.25) is 0 Å². The van der Waals surface area contributed by atoms with Crippen molar-refractivity contribution in [2.45, 2.75) is 19.1 Å². The number of benzene rings is 1. The van der Waals surface area contributed by atoms with Gasteiger partial charge in [-0.25, -0.2) is 0 Å². The lowest BCUT2D eigenvalue weighted by atomic mass is 10.0. The van der Waals surface area contributed by atoms with E-state index in [0.29, 0.717) is 24.2 Å². The molecule has 0 amide bonds. The van der Waals surface area contributed by atoms with Gasteiger partial charge in [0.1, 0.15) is 11.9 Å². The Morgan fingerprint density at radius 1 is 1.53 bits per heavy atom. The molecule has 0 spiro atoms. The van der Waals surface area contributed by atoms with Crippen LogP contribution in [-0.4, -0.2) is 29.2 Å². The SMILES string of the molecule is CCOc1ccc(C(O)C(O)C#N)cc1C=O. The molecule has 2 unspecified atom stereocenters. The number of carbonyl (C=O) groups is 1. The first-order valence-corrected chi connectivity index (χ1v) is 5.11. The predicted octanol–water partition coefficient (Wildman–Crippen LogP) is 0.816. The fraction of sp³-hybridized carbons (Fsp3) is 0.333. The van der Waals surface area contributed by atoms with Gasteiger partial charge in [-0.1, -0.05) is 6.07 Å². The molecule has 0 aromatic heterocycles. The third-order valence-electron chi connectivity index (χ3n) is 2.23. The van der Waals surface area contributed by atoms with Crippen molar-refractivity contribution in [2.24, 2.45) is 0 Å². The molecular weight excluding hydrogens is 222 g/mol. The molecule has 0 aliphatic rings. The average molecular weight is 235 g/mol. The van der Waals surface area contributed by atoms with Crippen molar-refractivity contribution in [3.8, 4) is 11.8 Å². The molecule has 90 valence electrons. The van der Waals surface area contributed by atoms with Crippen LogP contribution in [0.4, 0.5) is 0 Å². The highest BCUT2D eigenvalue weighted by molar-refractivity contribution is 5.79. The van der Waals surface area contributed by atoms with Crippen LogP contribution in [0.15, 0.2) is 18.2 Å². The lowest BCUT2D eigenvalue weighted by molar-refractivity contribution is 0.0527. The van der Waals surface area contributed by atoms with Crippen LogP contribution in [0, 0.1) is 11.3 Å². The summed E-state index contributed by atoms with van der Waals surface area (Å²) < 4.78 is 5.21. The molecule has 2 N–H and O–H groups in total. The second-order valence-electron chi connectivity index (χ2n) is 3.37. The standard InChI is InChI=1S/C12H13NO4/c1-2-17-11-4-3-8(5-9(11)7-14)12(16)10(15)6-13/h3-5,7,10,12,15-16H,2H2,1H3. The highest BCUT2D eigenvalue weighted by atomic mass is 16.5. The Morgan fingerprint density at radius 2 is 2.24 bits per heavy atom. The molecule has 0 fully saturated rings. The van der Waals surface area contributed by atoms with Gasteiger partial charge in [-0.3, -0.25) is 4.79 Å². The van der Waals surface area contributed by atoms with Crippen molar-refractivity contribution < 1.29 is 19.7 Å². The summed E-state index contributed by atoms with van der Waals surface area (Å²) in [4.78, 5) is 10.8. The average Bonchev–Trinajstić information content (AvgIpc) is 2.37. The number of aliphatic hydroxyl groups is 2. The molecule has 0 aliphatic heterocycles. The first kappa shape index (κ1) is 13.2. The molecule has 1 aromatic rings. The molecule has 0 heterocycles. The Bertz CT molecular complexity index is 439. The number of aliphatic hydroxyl groups excluding tert-OH is 2. The van der Waals surface area contributed by atoms with Gasteiger partial charge in [-0.15, -0.1) is 0 Å². The van der Waals surface area contributed by atoms with Crippen molar-refractivity contribution in [2.75, 3.05) is 6.61 Å². The Labute approximate surface area is 98.9 Å². The highest BCUT2D eigenvalue weighted by Gasteiger charge is 2.18. The minimum absolute atomic E-state index is 0.272. The summed E-state index contributed by atoms with van der Waals surface area (Å²) in [5.74, 6) is 0.407. The Balaban J connectivity index is 3.05. The zero-order valence-corrected chi connectivity index (χ0v) is 9.33. The first-order valence-electron chi connectivity index (χ1n) is 5.11. The van der Waals surface area contributed by atoms with E-state index in [4.69, 9.17) is 10.00 Å². The molecule has 0 aliphatic carbocycles. The van der Waals surface area contributed by atoms with Crippen LogP contribution >= 0.6 is 0 Å². The number of ether oxygens (including phenoxy) is 1. The number of aldehydes is 1. The van der Waals surface area contributed by atoms with Gasteiger partial charge >= 0.3 is 0 Å². The van der Waals surface area contributed by atoms with E-state index in [0.717, 1.165) is 0 Å². The molecule has 17 heavy (non-hydrogen) atoms. The molecule has 2 atom stereocenters. The molecule has 0 bridgehead atoms. The Kier molecular flexibility index (Phi) is 4.64. The molecule has 5 heteroatoms.